The second-order valence-corrected chi connectivity index (χ2v) is 10.1. The zero-order valence-electron chi connectivity index (χ0n) is 22.1. The lowest BCUT2D eigenvalue weighted by atomic mass is 10.0. The highest BCUT2D eigenvalue weighted by Crippen LogP contribution is 2.18. The van der Waals surface area contributed by atoms with Crippen LogP contribution in [0.4, 0.5) is 0 Å². The van der Waals surface area contributed by atoms with Crippen LogP contribution in [0.15, 0.2) is 35.5 Å². The number of nitrogens with one attached hydrogen (secondary N) is 4. The number of nitrogens with zero attached hydrogens (tertiary/aromatic N) is 1. The maximum absolute atomic E-state index is 13.1. The zero-order valence-corrected chi connectivity index (χ0v) is 22.9. The van der Waals surface area contributed by atoms with Gasteiger partial charge in [0.2, 0.25) is 17.7 Å². The number of fused-ring (bicyclic) bond motifs is 1. The van der Waals surface area contributed by atoms with Gasteiger partial charge in [-0.2, -0.15) is 11.8 Å². The topological polar surface area (TPSA) is 231 Å². The number of carbonyl (C=O) groups excluding carboxylic acids is 3. The minimum atomic E-state index is -1.16. The third-order valence-electron chi connectivity index (χ3n) is 6.01. The molecular weight excluding hydrogens is 524 g/mol. The number of nitrogens with two attached hydrogens (primary N) is 3. The summed E-state index contributed by atoms with van der Waals surface area (Å²) in [6, 6.07) is 3.53. The Morgan fingerprint density at radius 2 is 1.72 bits per heavy atom. The van der Waals surface area contributed by atoms with Crippen LogP contribution < -0.4 is 33.2 Å². The summed E-state index contributed by atoms with van der Waals surface area (Å²) >= 11 is 1.46. The van der Waals surface area contributed by atoms with E-state index >= 15 is 0 Å². The Morgan fingerprint density at radius 1 is 1.03 bits per heavy atom. The molecule has 13 nitrogen and oxygen atoms in total. The van der Waals surface area contributed by atoms with Gasteiger partial charge in [0.1, 0.15) is 18.1 Å². The Bertz CT molecular complexity index is 1170. The van der Waals surface area contributed by atoms with E-state index in [2.05, 4.69) is 25.9 Å². The van der Waals surface area contributed by atoms with Crippen molar-refractivity contribution < 1.29 is 24.3 Å². The number of aliphatic carboxylic acids is 1. The smallest absolute Gasteiger partial charge is 0.326 e. The van der Waals surface area contributed by atoms with Gasteiger partial charge in [0.25, 0.3) is 0 Å². The average molecular weight is 563 g/mol. The molecule has 4 atom stereocenters. The van der Waals surface area contributed by atoms with Crippen LogP contribution in [-0.4, -0.2) is 82.5 Å². The molecule has 0 aliphatic carbocycles. The summed E-state index contributed by atoms with van der Waals surface area (Å²) in [5, 5.41) is 18.0. The van der Waals surface area contributed by atoms with Crippen molar-refractivity contribution in [1.29, 1.82) is 0 Å². The maximum atomic E-state index is 13.1. The molecule has 214 valence electrons. The average Bonchev–Trinajstić information content (AvgIpc) is 3.30. The Morgan fingerprint density at radius 3 is 2.38 bits per heavy atom. The molecule has 1 heterocycles. The van der Waals surface area contributed by atoms with Gasteiger partial charge in [0, 0.05) is 23.6 Å². The number of aromatic nitrogens is 1. The minimum absolute atomic E-state index is 0.0967. The molecule has 3 amide bonds. The number of guanidine groups is 1. The van der Waals surface area contributed by atoms with Crippen molar-refractivity contribution in [2.75, 3.05) is 18.6 Å². The molecule has 0 radical (unpaired) electrons. The zero-order chi connectivity index (χ0) is 28.9. The van der Waals surface area contributed by atoms with E-state index in [1.165, 1.54) is 18.7 Å². The van der Waals surface area contributed by atoms with Crippen molar-refractivity contribution in [1.82, 2.24) is 20.9 Å². The van der Waals surface area contributed by atoms with Crippen LogP contribution in [0.5, 0.6) is 0 Å². The molecule has 2 aromatic rings. The summed E-state index contributed by atoms with van der Waals surface area (Å²) in [4.78, 5) is 57.1. The summed E-state index contributed by atoms with van der Waals surface area (Å²) < 4.78 is 0. The van der Waals surface area contributed by atoms with Gasteiger partial charge in [-0.25, -0.2) is 4.79 Å². The van der Waals surface area contributed by atoms with E-state index in [-0.39, 0.29) is 31.8 Å². The van der Waals surface area contributed by atoms with Gasteiger partial charge in [-0.05, 0) is 56.2 Å². The van der Waals surface area contributed by atoms with E-state index in [9.17, 15) is 24.3 Å². The van der Waals surface area contributed by atoms with Crippen molar-refractivity contribution in [3.05, 3.63) is 36.0 Å². The van der Waals surface area contributed by atoms with Crippen molar-refractivity contribution in [2.45, 2.75) is 56.8 Å². The van der Waals surface area contributed by atoms with Crippen molar-refractivity contribution in [2.24, 2.45) is 22.2 Å². The molecule has 39 heavy (non-hydrogen) atoms. The summed E-state index contributed by atoms with van der Waals surface area (Å²) in [7, 11) is 0. The highest BCUT2D eigenvalue weighted by Gasteiger charge is 2.28. The number of amides is 3. The quantitative estimate of drug-likeness (QED) is 0.0740. The van der Waals surface area contributed by atoms with Crippen LogP contribution in [0.1, 0.15) is 31.7 Å². The van der Waals surface area contributed by atoms with Gasteiger partial charge in [0.15, 0.2) is 5.96 Å². The fourth-order valence-corrected chi connectivity index (χ4v) is 4.32. The minimum Gasteiger partial charge on any atom is -0.480 e. The number of thioether (sulfide) groups is 1. The Hall–Kier alpha value is -3.78. The van der Waals surface area contributed by atoms with E-state index in [0.29, 0.717) is 12.2 Å². The molecule has 2 rings (SSSR count). The highest BCUT2D eigenvalue weighted by molar-refractivity contribution is 7.98. The number of aliphatic imine (C=N–C) groups is 1. The molecule has 1 aromatic heterocycles. The number of carbonyl (C=O) groups is 4. The summed E-state index contributed by atoms with van der Waals surface area (Å²) in [5.74, 6) is -2.53. The van der Waals surface area contributed by atoms with Gasteiger partial charge in [0.05, 0.1) is 6.04 Å². The number of hydrogen-bond donors (Lipinski definition) is 8. The molecule has 11 N–H and O–H groups in total. The Kier molecular flexibility index (Phi) is 12.6. The number of hydrogen-bond acceptors (Lipinski definition) is 7. The summed E-state index contributed by atoms with van der Waals surface area (Å²) in [6.07, 6.45) is 4.64. The third-order valence-corrected chi connectivity index (χ3v) is 6.65. The second-order valence-electron chi connectivity index (χ2n) is 9.09. The third kappa shape index (κ3) is 10.1. The lowest BCUT2D eigenvalue weighted by Gasteiger charge is -2.23. The van der Waals surface area contributed by atoms with Crippen molar-refractivity contribution >= 4 is 52.3 Å². The van der Waals surface area contributed by atoms with Crippen LogP contribution in [-0.2, 0) is 25.6 Å². The number of aromatic amines is 1. The molecule has 0 aliphatic heterocycles. The highest BCUT2D eigenvalue weighted by atomic mass is 32.2. The number of carboxylic acids is 1. The van der Waals surface area contributed by atoms with Crippen molar-refractivity contribution in [3.8, 4) is 0 Å². The van der Waals surface area contributed by atoms with Crippen LogP contribution in [0, 0.1) is 0 Å². The van der Waals surface area contributed by atoms with Crippen molar-refractivity contribution in [3.63, 3.8) is 0 Å². The molecule has 14 heteroatoms. The molecule has 4 unspecified atom stereocenters. The van der Waals surface area contributed by atoms with Crippen LogP contribution >= 0.6 is 11.8 Å². The molecule has 0 spiro atoms. The molecule has 1 aromatic carbocycles. The van der Waals surface area contributed by atoms with Gasteiger partial charge in [-0.1, -0.05) is 18.2 Å². The predicted molar refractivity (Wildman–Crippen MR) is 152 cm³/mol. The Labute approximate surface area is 231 Å². The maximum Gasteiger partial charge on any atom is 0.326 e. The largest absolute Gasteiger partial charge is 0.480 e. The van der Waals surface area contributed by atoms with E-state index in [1.54, 1.807) is 6.20 Å². The van der Waals surface area contributed by atoms with E-state index in [1.807, 2.05) is 30.5 Å². The van der Waals surface area contributed by atoms with Gasteiger partial charge in [-0.15, -0.1) is 0 Å². The predicted octanol–water partition coefficient (Wildman–Crippen LogP) is -0.597. The van der Waals surface area contributed by atoms with Gasteiger partial charge >= 0.3 is 5.97 Å². The van der Waals surface area contributed by atoms with Crippen LogP contribution in [0.2, 0.25) is 0 Å². The SMILES string of the molecule is CSCCC(NC(=O)C(C)NC(=O)C(CCCN=C(N)N)NC(=O)C(N)Cc1c[nH]c2ccccc12)C(=O)O. The Balaban J connectivity index is 2.05. The van der Waals surface area contributed by atoms with Crippen LogP contribution in [0.3, 0.4) is 0 Å². The number of rotatable bonds is 16. The lowest BCUT2D eigenvalue weighted by molar-refractivity contribution is -0.142. The number of H-pyrrole nitrogens is 1. The van der Waals surface area contributed by atoms with E-state index < -0.39 is 47.9 Å². The van der Waals surface area contributed by atoms with Gasteiger partial charge < -0.3 is 43.2 Å². The van der Waals surface area contributed by atoms with Gasteiger partial charge in [-0.3, -0.25) is 19.4 Å². The first kappa shape index (κ1) is 31.4. The molecular formula is C25H38N8O5S. The first-order chi connectivity index (χ1) is 18.5. The molecule has 0 saturated heterocycles. The van der Waals surface area contributed by atoms with E-state index in [4.69, 9.17) is 17.2 Å². The fraction of sp³-hybridized carbons (Fsp3) is 0.480. The first-order valence-corrected chi connectivity index (χ1v) is 13.9. The standard InChI is InChI=1S/C25H38N8O5S/c1-14(21(34)33-20(24(37)38)9-11-39-2)31-23(36)19(8-5-10-29-25(27)28)32-22(35)17(26)12-15-13-30-18-7-4-3-6-16(15)18/h3-4,6-7,13-14,17,19-20,30H,5,8-12,26H2,1-2H3,(H,31,36)(H,32,35)(H,33,34)(H,37,38)(H4,27,28,29). The number of carboxylic acid groups (broad SMARTS) is 1. The number of para-hydroxylation sites is 1. The number of benzene rings is 1. The molecule has 0 fully saturated rings. The summed E-state index contributed by atoms with van der Waals surface area (Å²) in [5.41, 5.74) is 18.7. The summed E-state index contributed by atoms with van der Waals surface area (Å²) in [6.45, 7) is 1.66. The first-order valence-electron chi connectivity index (χ1n) is 12.5. The lowest BCUT2D eigenvalue weighted by Crippen LogP contribution is -2.56. The molecule has 0 bridgehead atoms. The fourth-order valence-electron chi connectivity index (χ4n) is 3.85. The molecule has 0 aliphatic rings. The van der Waals surface area contributed by atoms with Crippen LogP contribution in [0.25, 0.3) is 10.9 Å². The molecule has 0 saturated carbocycles. The normalized spacial score (nSPS) is 14.0. The van der Waals surface area contributed by atoms with E-state index in [0.717, 1.165) is 16.5 Å². The monoisotopic (exact) mass is 562 g/mol. The second kappa shape index (κ2) is 15.6.